The Labute approximate surface area is 154 Å². The van der Waals surface area contributed by atoms with Gasteiger partial charge in [-0.1, -0.05) is 12.1 Å². The van der Waals surface area contributed by atoms with E-state index < -0.39 is 0 Å². The molecule has 3 aromatic rings. The zero-order valence-electron chi connectivity index (χ0n) is 14.4. The number of hydrogen-bond acceptors (Lipinski definition) is 5. The zero-order chi connectivity index (χ0) is 18.1. The highest BCUT2D eigenvalue weighted by Crippen LogP contribution is 2.32. The summed E-state index contributed by atoms with van der Waals surface area (Å²) in [5, 5.41) is 2.41. The molecule has 1 fully saturated rings. The minimum atomic E-state index is -0.162. The lowest BCUT2D eigenvalue weighted by Gasteiger charge is -2.25. The molecule has 7 heteroatoms. The van der Waals surface area contributed by atoms with Crippen molar-refractivity contribution in [2.45, 2.75) is 25.4 Å². The van der Waals surface area contributed by atoms with Gasteiger partial charge in [-0.25, -0.2) is 4.98 Å². The second kappa shape index (κ2) is 6.92. The number of nitrogens with zero attached hydrogens (tertiary/aromatic N) is 3. The van der Waals surface area contributed by atoms with E-state index in [0.717, 1.165) is 24.2 Å². The molecule has 1 aliphatic rings. The number of ether oxygens (including phenoxy) is 1. The third kappa shape index (κ3) is 2.99. The largest absolute Gasteiger partial charge is 0.497 e. The van der Waals surface area contributed by atoms with Gasteiger partial charge in [0.1, 0.15) is 17.1 Å². The molecule has 134 valence electrons. The van der Waals surface area contributed by atoms with Gasteiger partial charge in [0, 0.05) is 6.54 Å². The van der Waals surface area contributed by atoms with Crippen molar-refractivity contribution in [3.63, 3.8) is 0 Å². The molecular formula is C19H19N3O3S. The first kappa shape index (κ1) is 16.8. The van der Waals surface area contributed by atoms with Gasteiger partial charge in [-0.15, -0.1) is 11.3 Å². The molecule has 0 saturated carbocycles. The monoisotopic (exact) mass is 369 g/mol. The summed E-state index contributed by atoms with van der Waals surface area (Å²) >= 11 is 1.42. The number of benzene rings is 1. The molecule has 0 unspecified atom stereocenters. The van der Waals surface area contributed by atoms with Crippen LogP contribution >= 0.6 is 11.3 Å². The van der Waals surface area contributed by atoms with Crippen molar-refractivity contribution in [3.8, 4) is 5.75 Å². The van der Waals surface area contributed by atoms with Crippen LogP contribution in [0, 0.1) is 0 Å². The fourth-order valence-corrected chi connectivity index (χ4v) is 4.20. The van der Waals surface area contributed by atoms with Crippen molar-refractivity contribution in [1.29, 1.82) is 0 Å². The molecule has 0 bridgehead atoms. The molecule has 0 radical (unpaired) electrons. The maximum Gasteiger partial charge on any atom is 0.262 e. The number of amides is 1. The van der Waals surface area contributed by atoms with Gasteiger partial charge in [0.25, 0.3) is 5.56 Å². The molecule has 6 nitrogen and oxygen atoms in total. The molecule has 1 atom stereocenters. The lowest BCUT2D eigenvalue weighted by molar-refractivity contribution is -0.132. The molecule has 26 heavy (non-hydrogen) atoms. The summed E-state index contributed by atoms with van der Waals surface area (Å²) in [6.45, 7) is 0.725. The van der Waals surface area contributed by atoms with Gasteiger partial charge < -0.3 is 9.64 Å². The molecule has 1 aromatic carbocycles. The van der Waals surface area contributed by atoms with Crippen LogP contribution in [-0.2, 0) is 11.3 Å². The van der Waals surface area contributed by atoms with E-state index in [-0.39, 0.29) is 24.1 Å². The Bertz CT molecular complexity index is 993. The molecule has 0 aliphatic carbocycles. The van der Waals surface area contributed by atoms with Crippen molar-refractivity contribution in [3.05, 3.63) is 58.0 Å². The normalized spacial score (nSPS) is 17.0. The van der Waals surface area contributed by atoms with Crippen molar-refractivity contribution < 1.29 is 9.53 Å². The second-order valence-electron chi connectivity index (χ2n) is 6.34. The lowest BCUT2D eigenvalue weighted by Crippen LogP contribution is -2.36. The predicted molar refractivity (Wildman–Crippen MR) is 101 cm³/mol. The SMILES string of the molecule is COc1ccc([C@H]2CCCN2C(=O)Cn2cnc3sccc3c2=O)cc1. The summed E-state index contributed by atoms with van der Waals surface area (Å²) in [7, 11) is 1.64. The first-order valence-electron chi connectivity index (χ1n) is 8.53. The van der Waals surface area contributed by atoms with Gasteiger partial charge in [-0.05, 0) is 42.0 Å². The number of fused-ring (bicyclic) bond motifs is 1. The topological polar surface area (TPSA) is 64.4 Å². The fraction of sp³-hybridized carbons (Fsp3) is 0.316. The molecule has 1 amide bonds. The molecule has 1 saturated heterocycles. The van der Waals surface area contributed by atoms with E-state index >= 15 is 0 Å². The second-order valence-corrected chi connectivity index (χ2v) is 7.23. The summed E-state index contributed by atoms with van der Waals surface area (Å²) in [4.78, 5) is 32.2. The summed E-state index contributed by atoms with van der Waals surface area (Å²) < 4.78 is 6.61. The van der Waals surface area contributed by atoms with Crippen molar-refractivity contribution in [1.82, 2.24) is 14.5 Å². The standard InChI is InChI=1S/C19H19N3O3S/c1-25-14-6-4-13(5-7-14)16-3-2-9-22(16)17(23)11-21-12-20-18-15(19(21)24)8-10-26-18/h4-8,10,12,16H,2-3,9,11H2,1H3/t16-/m1/s1. The highest BCUT2D eigenvalue weighted by atomic mass is 32.1. The highest BCUT2D eigenvalue weighted by molar-refractivity contribution is 7.16. The van der Waals surface area contributed by atoms with Gasteiger partial charge in [-0.2, -0.15) is 0 Å². The third-order valence-corrected chi connectivity index (χ3v) is 5.65. The Morgan fingerprint density at radius 1 is 1.31 bits per heavy atom. The van der Waals surface area contributed by atoms with Crippen LogP contribution in [0.2, 0.25) is 0 Å². The summed E-state index contributed by atoms with van der Waals surface area (Å²) in [5.74, 6) is 0.744. The maximum atomic E-state index is 12.9. The van der Waals surface area contributed by atoms with E-state index in [1.165, 1.54) is 22.2 Å². The van der Waals surface area contributed by atoms with Crippen LogP contribution in [0.1, 0.15) is 24.4 Å². The molecule has 0 N–H and O–H groups in total. The summed E-state index contributed by atoms with van der Waals surface area (Å²) in [6, 6.07) is 9.62. The van der Waals surface area contributed by atoms with Gasteiger partial charge in [-0.3, -0.25) is 14.2 Å². The van der Waals surface area contributed by atoms with Gasteiger partial charge in [0.2, 0.25) is 5.91 Å². The molecule has 2 aromatic heterocycles. The minimum absolute atomic E-state index is 0.0181. The van der Waals surface area contributed by atoms with Crippen LogP contribution in [0.5, 0.6) is 5.75 Å². The molecule has 1 aliphatic heterocycles. The van der Waals surface area contributed by atoms with E-state index in [1.54, 1.807) is 13.2 Å². The number of rotatable bonds is 4. The molecule has 3 heterocycles. The number of thiophene rings is 1. The van der Waals surface area contributed by atoms with Gasteiger partial charge in [0.15, 0.2) is 0 Å². The van der Waals surface area contributed by atoms with Crippen LogP contribution in [0.4, 0.5) is 0 Å². The van der Waals surface area contributed by atoms with Crippen molar-refractivity contribution in [2.24, 2.45) is 0 Å². The number of aromatic nitrogens is 2. The number of methoxy groups -OCH3 is 1. The van der Waals surface area contributed by atoms with Crippen LogP contribution in [0.25, 0.3) is 10.2 Å². The first-order chi connectivity index (χ1) is 12.7. The first-order valence-corrected chi connectivity index (χ1v) is 9.41. The van der Waals surface area contributed by atoms with E-state index in [0.29, 0.717) is 16.8 Å². The molecule has 0 spiro atoms. The van der Waals surface area contributed by atoms with Crippen LogP contribution < -0.4 is 10.3 Å². The zero-order valence-corrected chi connectivity index (χ0v) is 15.2. The van der Waals surface area contributed by atoms with E-state index in [2.05, 4.69) is 4.98 Å². The van der Waals surface area contributed by atoms with Crippen molar-refractivity contribution >= 4 is 27.5 Å². The smallest absolute Gasteiger partial charge is 0.262 e. The lowest BCUT2D eigenvalue weighted by atomic mass is 10.0. The maximum absolute atomic E-state index is 12.9. The number of hydrogen-bond donors (Lipinski definition) is 0. The number of carbonyl (C=O) groups excluding carboxylic acids is 1. The van der Waals surface area contributed by atoms with Crippen LogP contribution in [0.15, 0.2) is 46.8 Å². The Morgan fingerprint density at radius 2 is 2.12 bits per heavy atom. The van der Waals surface area contributed by atoms with E-state index in [4.69, 9.17) is 4.74 Å². The quantitative estimate of drug-likeness (QED) is 0.709. The van der Waals surface area contributed by atoms with E-state index in [9.17, 15) is 9.59 Å². The average Bonchev–Trinajstić information content (AvgIpc) is 3.33. The van der Waals surface area contributed by atoms with Gasteiger partial charge >= 0.3 is 0 Å². The van der Waals surface area contributed by atoms with Crippen molar-refractivity contribution in [2.75, 3.05) is 13.7 Å². The fourth-order valence-electron chi connectivity index (χ4n) is 3.48. The Kier molecular flexibility index (Phi) is 4.46. The predicted octanol–water partition coefficient (Wildman–Crippen LogP) is 2.83. The van der Waals surface area contributed by atoms with E-state index in [1.807, 2.05) is 34.5 Å². The molecule has 4 rings (SSSR count). The van der Waals surface area contributed by atoms with Crippen LogP contribution in [0.3, 0.4) is 0 Å². The van der Waals surface area contributed by atoms with Gasteiger partial charge in [0.05, 0.1) is 24.9 Å². The Morgan fingerprint density at radius 3 is 2.88 bits per heavy atom. The highest BCUT2D eigenvalue weighted by Gasteiger charge is 2.30. The van der Waals surface area contributed by atoms with Crippen LogP contribution in [-0.4, -0.2) is 34.0 Å². The minimum Gasteiger partial charge on any atom is -0.497 e. The summed E-state index contributed by atoms with van der Waals surface area (Å²) in [5.41, 5.74) is 0.931. The summed E-state index contributed by atoms with van der Waals surface area (Å²) in [6.07, 6.45) is 3.35. The third-order valence-electron chi connectivity index (χ3n) is 4.83. The molecular weight excluding hydrogens is 350 g/mol. The number of likely N-dealkylation sites (tertiary alicyclic amines) is 1. The Balaban J connectivity index is 1.56. The Hall–Kier alpha value is -2.67. The number of carbonyl (C=O) groups is 1. The average molecular weight is 369 g/mol.